The summed E-state index contributed by atoms with van der Waals surface area (Å²) in [5, 5.41) is 8.79. The topological polar surface area (TPSA) is 70.5 Å². The lowest BCUT2D eigenvalue weighted by Crippen LogP contribution is -2.28. The number of carboxylic acids is 1. The summed E-state index contributed by atoms with van der Waals surface area (Å²) in [6.45, 7) is 0.350. The summed E-state index contributed by atoms with van der Waals surface area (Å²) in [7, 11) is 1.59. The fourth-order valence-corrected chi connectivity index (χ4v) is 1.84. The van der Waals surface area contributed by atoms with Crippen molar-refractivity contribution < 1.29 is 14.7 Å². The first kappa shape index (κ1) is 14.7. The molecule has 1 heterocycles. The van der Waals surface area contributed by atoms with E-state index in [1.54, 1.807) is 7.05 Å². The summed E-state index contributed by atoms with van der Waals surface area (Å²) < 4.78 is 0. The largest absolute Gasteiger partial charge is 0.481 e. The van der Waals surface area contributed by atoms with Crippen molar-refractivity contribution in [1.29, 1.82) is 0 Å². The van der Waals surface area contributed by atoms with Gasteiger partial charge in [0.05, 0.1) is 0 Å². The van der Waals surface area contributed by atoms with Crippen LogP contribution in [-0.2, 0) is 4.79 Å². The first-order valence-electron chi connectivity index (χ1n) is 5.20. The third kappa shape index (κ3) is 4.50. The summed E-state index contributed by atoms with van der Waals surface area (Å²) >= 11 is 11.4. The lowest BCUT2D eigenvalue weighted by Gasteiger charge is -2.16. The number of pyridine rings is 1. The summed E-state index contributed by atoms with van der Waals surface area (Å²) in [6, 6.07) is 2.84. The molecule has 1 amide bonds. The number of amides is 1. The van der Waals surface area contributed by atoms with Gasteiger partial charge in [0.15, 0.2) is 0 Å². The highest BCUT2D eigenvalue weighted by Gasteiger charge is 2.13. The molecular formula is C11H12Cl2N2O3. The minimum Gasteiger partial charge on any atom is -0.481 e. The summed E-state index contributed by atoms with van der Waals surface area (Å²) in [4.78, 5) is 27.5. The van der Waals surface area contributed by atoms with E-state index in [0.717, 1.165) is 0 Å². The Labute approximate surface area is 114 Å². The average molecular weight is 291 g/mol. The number of hydrogen-bond donors (Lipinski definition) is 1. The molecule has 0 spiro atoms. The molecule has 0 aromatic carbocycles. The minimum atomic E-state index is -0.883. The number of carbonyl (C=O) groups excluding carboxylic acids is 1. The lowest BCUT2D eigenvalue weighted by atomic mass is 10.2. The number of aromatic nitrogens is 1. The SMILES string of the molecule is CN(CCCC(=O)O)C(=O)c1cc(Cl)nc(Cl)c1. The van der Waals surface area contributed by atoms with Crippen molar-refractivity contribution in [2.24, 2.45) is 0 Å². The molecule has 0 aliphatic rings. The van der Waals surface area contributed by atoms with Crippen LogP contribution in [0, 0.1) is 0 Å². The molecule has 1 aromatic heterocycles. The van der Waals surface area contributed by atoms with Gasteiger partial charge in [-0.05, 0) is 18.6 Å². The second-order valence-corrected chi connectivity index (χ2v) is 4.50. The lowest BCUT2D eigenvalue weighted by molar-refractivity contribution is -0.137. The van der Waals surface area contributed by atoms with Gasteiger partial charge in [-0.2, -0.15) is 0 Å². The molecule has 0 bridgehead atoms. The Morgan fingerprint density at radius 1 is 1.33 bits per heavy atom. The maximum Gasteiger partial charge on any atom is 0.303 e. The van der Waals surface area contributed by atoms with Crippen LogP contribution in [0.3, 0.4) is 0 Å². The second kappa shape index (κ2) is 6.56. The molecule has 0 atom stereocenters. The van der Waals surface area contributed by atoms with Gasteiger partial charge in [-0.25, -0.2) is 4.98 Å². The van der Waals surface area contributed by atoms with Crippen LogP contribution in [0.25, 0.3) is 0 Å². The van der Waals surface area contributed by atoms with Crippen LogP contribution < -0.4 is 0 Å². The molecule has 0 aliphatic carbocycles. The standard InChI is InChI=1S/C11H12Cl2N2O3/c1-15(4-2-3-10(16)17)11(18)7-5-8(12)14-9(13)6-7/h5-6H,2-4H2,1H3,(H,16,17). The van der Waals surface area contributed by atoms with E-state index in [4.69, 9.17) is 28.3 Å². The van der Waals surface area contributed by atoms with Gasteiger partial charge in [0.1, 0.15) is 10.3 Å². The molecule has 18 heavy (non-hydrogen) atoms. The monoisotopic (exact) mass is 290 g/mol. The van der Waals surface area contributed by atoms with E-state index in [1.165, 1.54) is 17.0 Å². The Kier molecular flexibility index (Phi) is 5.37. The molecule has 1 N–H and O–H groups in total. The number of nitrogens with zero attached hydrogens (tertiary/aromatic N) is 2. The van der Waals surface area contributed by atoms with E-state index in [0.29, 0.717) is 18.5 Å². The van der Waals surface area contributed by atoms with Crippen LogP contribution in [0.4, 0.5) is 0 Å². The smallest absolute Gasteiger partial charge is 0.303 e. The normalized spacial score (nSPS) is 10.2. The van der Waals surface area contributed by atoms with Crippen molar-refractivity contribution in [1.82, 2.24) is 9.88 Å². The number of halogens is 2. The maximum absolute atomic E-state index is 12.0. The van der Waals surface area contributed by atoms with Crippen molar-refractivity contribution in [3.8, 4) is 0 Å². The first-order valence-corrected chi connectivity index (χ1v) is 5.96. The highest BCUT2D eigenvalue weighted by molar-refractivity contribution is 6.33. The van der Waals surface area contributed by atoms with Gasteiger partial charge in [-0.15, -0.1) is 0 Å². The zero-order valence-electron chi connectivity index (χ0n) is 9.69. The molecule has 0 saturated heterocycles. The number of hydrogen-bond acceptors (Lipinski definition) is 3. The Morgan fingerprint density at radius 3 is 2.39 bits per heavy atom. The molecule has 7 heteroatoms. The number of carbonyl (C=O) groups is 2. The Balaban J connectivity index is 2.65. The molecule has 0 fully saturated rings. The molecule has 0 unspecified atom stereocenters. The van der Waals surface area contributed by atoms with Crippen molar-refractivity contribution in [3.63, 3.8) is 0 Å². The average Bonchev–Trinajstić information content (AvgIpc) is 2.26. The van der Waals surface area contributed by atoms with Crippen molar-refractivity contribution >= 4 is 35.1 Å². The summed E-state index contributed by atoms with van der Waals surface area (Å²) in [5.41, 5.74) is 0.331. The van der Waals surface area contributed by atoms with Crippen LogP contribution in [-0.4, -0.2) is 40.5 Å². The number of carboxylic acid groups (broad SMARTS) is 1. The predicted molar refractivity (Wildman–Crippen MR) is 68.1 cm³/mol. The molecule has 1 aromatic rings. The quantitative estimate of drug-likeness (QED) is 0.845. The number of aliphatic carboxylic acids is 1. The third-order valence-corrected chi connectivity index (χ3v) is 2.63. The minimum absolute atomic E-state index is 0.0233. The maximum atomic E-state index is 12.0. The molecule has 0 saturated carbocycles. The van der Waals surface area contributed by atoms with Crippen molar-refractivity contribution in [2.75, 3.05) is 13.6 Å². The van der Waals surface area contributed by atoms with Crippen LogP contribution in [0.2, 0.25) is 10.3 Å². The molecule has 0 radical (unpaired) electrons. The molecular weight excluding hydrogens is 279 g/mol. The predicted octanol–water partition coefficient (Wildman–Crippen LogP) is 2.33. The van der Waals surface area contributed by atoms with E-state index in [9.17, 15) is 9.59 Å². The second-order valence-electron chi connectivity index (χ2n) is 3.73. The third-order valence-electron chi connectivity index (χ3n) is 2.24. The van der Waals surface area contributed by atoms with Crippen LogP contribution in [0.5, 0.6) is 0 Å². The number of rotatable bonds is 5. The Morgan fingerprint density at radius 2 is 1.89 bits per heavy atom. The fourth-order valence-electron chi connectivity index (χ4n) is 1.38. The van der Waals surface area contributed by atoms with Crippen LogP contribution in [0.15, 0.2) is 12.1 Å². The van der Waals surface area contributed by atoms with Gasteiger partial charge in [-0.3, -0.25) is 9.59 Å². The van der Waals surface area contributed by atoms with Gasteiger partial charge in [0.25, 0.3) is 5.91 Å². The van der Waals surface area contributed by atoms with Gasteiger partial charge >= 0.3 is 5.97 Å². The zero-order valence-corrected chi connectivity index (χ0v) is 11.2. The van der Waals surface area contributed by atoms with E-state index in [1.807, 2.05) is 0 Å². The van der Waals surface area contributed by atoms with E-state index < -0.39 is 5.97 Å². The van der Waals surface area contributed by atoms with Crippen LogP contribution >= 0.6 is 23.2 Å². The summed E-state index contributed by atoms with van der Waals surface area (Å²) in [5.74, 6) is -1.16. The van der Waals surface area contributed by atoms with Gasteiger partial charge in [-0.1, -0.05) is 23.2 Å². The highest BCUT2D eigenvalue weighted by atomic mass is 35.5. The van der Waals surface area contributed by atoms with E-state index >= 15 is 0 Å². The first-order chi connectivity index (χ1) is 8.40. The molecule has 1 rings (SSSR count). The van der Waals surface area contributed by atoms with Crippen molar-refractivity contribution in [2.45, 2.75) is 12.8 Å². The van der Waals surface area contributed by atoms with Crippen molar-refractivity contribution in [3.05, 3.63) is 28.0 Å². The molecule has 5 nitrogen and oxygen atoms in total. The Bertz CT molecular complexity index is 445. The Hall–Kier alpha value is -1.33. The van der Waals surface area contributed by atoms with E-state index in [2.05, 4.69) is 4.98 Å². The summed E-state index contributed by atoms with van der Waals surface area (Å²) in [6.07, 6.45) is 0.416. The molecule has 0 aliphatic heterocycles. The zero-order chi connectivity index (χ0) is 13.7. The fraction of sp³-hybridized carbons (Fsp3) is 0.364. The van der Waals surface area contributed by atoms with Gasteiger partial charge in [0, 0.05) is 25.6 Å². The van der Waals surface area contributed by atoms with Gasteiger partial charge in [0.2, 0.25) is 0 Å². The highest BCUT2D eigenvalue weighted by Crippen LogP contribution is 2.16. The van der Waals surface area contributed by atoms with Crippen LogP contribution in [0.1, 0.15) is 23.2 Å². The van der Waals surface area contributed by atoms with Gasteiger partial charge < -0.3 is 10.0 Å². The van der Waals surface area contributed by atoms with E-state index in [-0.39, 0.29) is 22.6 Å². The molecule has 98 valence electrons.